The number of likely N-dealkylation sites (tertiary alicyclic amines) is 1. The molecule has 2 aliphatic rings. The third-order valence-corrected chi connectivity index (χ3v) is 5.81. The van der Waals surface area contributed by atoms with Crippen LogP contribution in [0.15, 0.2) is 33.6 Å². The standard InChI is InChI=1S/C16H22BrN3OS/c17-13-2-1-3-15(10-13)22-12-16(21)20-7-4-14(11-20)19-8-5-18-6-9-19/h1-3,10,14,18H,4-9,11-12H2. The molecular formula is C16H22BrN3OS. The number of halogens is 1. The summed E-state index contributed by atoms with van der Waals surface area (Å²) in [7, 11) is 0. The van der Waals surface area contributed by atoms with Gasteiger partial charge in [-0.2, -0.15) is 0 Å². The molecule has 22 heavy (non-hydrogen) atoms. The molecule has 2 aliphatic heterocycles. The van der Waals surface area contributed by atoms with Crippen molar-refractivity contribution in [2.45, 2.75) is 17.4 Å². The number of carbonyl (C=O) groups is 1. The molecule has 1 unspecified atom stereocenters. The van der Waals surface area contributed by atoms with Crippen LogP contribution in [0.2, 0.25) is 0 Å². The Bertz CT molecular complexity index is 522. The van der Waals surface area contributed by atoms with Crippen LogP contribution < -0.4 is 5.32 Å². The van der Waals surface area contributed by atoms with Gasteiger partial charge in [0.1, 0.15) is 0 Å². The maximum absolute atomic E-state index is 12.4. The van der Waals surface area contributed by atoms with E-state index in [1.165, 1.54) is 0 Å². The fourth-order valence-electron chi connectivity index (χ4n) is 3.11. The van der Waals surface area contributed by atoms with Gasteiger partial charge in [0.05, 0.1) is 5.75 Å². The van der Waals surface area contributed by atoms with E-state index in [9.17, 15) is 4.79 Å². The van der Waals surface area contributed by atoms with Gasteiger partial charge in [0.2, 0.25) is 5.91 Å². The Hall–Kier alpha value is -0.560. The summed E-state index contributed by atoms with van der Waals surface area (Å²) < 4.78 is 1.06. The molecular weight excluding hydrogens is 362 g/mol. The number of amides is 1. The highest BCUT2D eigenvalue weighted by Crippen LogP contribution is 2.23. The average molecular weight is 384 g/mol. The van der Waals surface area contributed by atoms with E-state index in [1.54, 1.807) is 11.8 Å². The van der Waals surface area contributed by atoms with Gasteiger partial charge >= 0.3 is 0 Å². The van der Waals surface area contributed by atoms with Crippen LogP contribution in [-0.2, 0) is 4.79 Å². The summed E-state index contributed by atoms with van der Waals surface area (Å²) in [5, 5.41) is 3.39. The molecule has 3 rings (SSSR count). The van der Waals surface area contributed by atoms with Crippen LogP contribution in [0.25, 0.3) is 0 Å². The number of nitrogens with one attached hydrogen (secondary N) is 1. The minimum atomic E-state index is 0.266. The minimum absolute atomic E-state index is 0.266. The van der Waals surface area contributed by atoms with Crippen LogP contribution in [0.5, 0.6) is 0 Å². The van der Waals surface area contributed by atoms with Gasteiger partial charge in [0.25, 0.3) is 0 Å². The zero-order chi connectivity index (χ0) is 15.4. The fourth-order valence-corrected chi connectivity index (χ4v) is 4.52. The fraction of sp³-hybridized carbons (Fsp3) is 0.562. The summed E-state index contributed by atoms with van der Waals surface area (Å²) in [6.07, 6.45) is 1.12. The van der Waals surface area contributed by atoms with Gasteiger partial charge in [0, 0.05) is 54.7 Å². The molecule has 0 aliphatic carbocycles. The van der Waals surface area contributed by atoms with E-state index in [0.29, 0.717) is 11.8 Å². The number of carbonyl (C=O) groups excluding carboxylic acids is 1. The summed E-state index contributed by atoms with van der Waals surface area (Å²) in [4.78, 5) is 18.1. The normalized spacial score (nSPS) is 23.0. The van der Waals surface area contributed by atoms with Crippen molar-refractivity contribution in [1.29, 1.82) is 0 Å². The first kappa shape index (κ1) is 16.3. The number of hydrogen-bond acceptors (Lipinski definition) is 4. The number of nitrogens with zero attached hydrogens (tertiary/aromatic N) is 2. The van der Waals surface area contributed by atoms with E-state index in [2.05, 4.69) is 38.3 Å². The highest BCUT2D eigenvalue weighted by atomic mass is 79.9. The first-order valence-electron chi connectivity index (χ1n) is 7.83. The van der Waals surface area contributed by atoms with Crippen LogP contribution in [-0.4, -0.2) is 66.8 Å². The first-order chi connectivity index (χ1) is 10.7. The molecule has 0 radical (unpaired) electrons. The van der Waals surface area contributed by atoms with Crippen molar-refractivity contribution in [3.05, 3.63) is 28.7 Å². The van der Waals surface area contributed by atoms with Gasteiger partial charge < -0.3 is 10.2 Å². The van der Waals surface area contributed by atoms with Crippen molar-refractivity contribution in [1.82, 2.24) is 15.1 Å². The maximum atomic E-state index is 12.4. The molecule has 1 N–H and O–H groups in total. The lowest BCUT2D eigenvalue weighted by Crippen LogP contribution is -2.49. The monoisotopic (exact) mass is 383 g/mol. The smallest absolute Gasteiger partial charge is 0.232 e. The molecule has 1 atom stereocenters. The third kappa shape index (κ3) is 4.25. The number of piperazine rings is 1. The lowest BCUT2D eigenvalue weighted by atomic mass is 10.2. The molecule has 4 nitrogen and oxygen atoms in total. The lowest BCUT2D eigenvalue weighted by molar-refractivity contribution is -0.127. The average Bonchev–Trinajstić information content (AvgIpc) is 3.04. The SMILES string of the molecule is O=C(CSc1cccc(Br)c1)N1CCC(N2CCNCC2)C1. The maximum Gasteiger partial charge on any atom is 0.232 e. The van der Waals surface area contributed by atoms with Crippen LogP contribution >= 0.6 is 27.7 Å². The number of rotatable bonds is 4. The molecule has 0 saturated carbocycles. The van der Waals surface area contributed by atoms with Crippen molar-refractivity contribution < 1.29 is 4.79 Å². The van der Waals surface area contributed by atoms with Crippen molar-refractivity contribution in [2.24, 2.45) is 0 Å². The second-order valence-corrected chi connectivity index (χ2v) is 7.78. The van der Waals surface area contributed by atoms with Gasteiger partial charge in [-0.15, -0.1) is 11.8 Å². The zero-order valence-corrected chi connectivity index (χ0v) is 15.0. The van der Waals surface area contributed by atoms with Crippen molar-refractivity contribution >= 4 is 33.6 Å². The van der Waals surface area contributed by atoms with E-state index >= 15 is 0 Å². The van der Waals surface area contributed by atoms with Gasteiger partial charge in [-0.3, -0.25) is 9.69 Å². The number of benzene rings is 1. The molecule has 120 valence electrons. The Morgan fingerprint density at radius 1 is 1.32 bits per heavy atom. The third-order valence-electron chi connectivity index (χ3n) is 4.34. The molecule has 1 aromatic carbocycles. The Kier molecular flexibility index (Phi) is 5.79. The number of thioether (sulfide) groups is 1. The molecule has 1 amide bonds. The minimum Gasteiger partial charge on any atom is -0.340 e. The van der Waals surface area contributed by atoms with Crippen LogP contribution in [0.1, 0.15) is 6.42 Å². The van der Waals surface area contributed by atoms with E-state index in [1.807, 2.05) is 17.0 Å². The Balaban J connectivity index is 1.47. The molecule has 2 fully saturated rings. The van der Waals surface area contributed by atoms with Gasteiger partial charge in [-0.05, 0) is 24.6 Å². The second kappa shape index (κ2) is 7.81. The summed E-state index contributed by atoms with van der Waals surface area (Å²) in [5.74, 6) is 0.799. The van der Waals surface area contributed by atoms with Crippen molar-refractivity contribution in [3.63, 3.8) is 0 Å². The number of hydrogen-bond donors (Lipinski definition) is 1. The molecule has 2 heterocycles. The van der Waals surface area contributed by atoms with Crippen molar-refractivity contribution in [3.8, 4) is 0 Å². The quantitative estimate of drug-likeness (QED) is 0.807. The summed E-state index contributed by atoms with van der Waals surface area (Å²) in [5.41, 5.74) is 0. The highest BCUT2D eigenvalue weighted by molar-refractivity contribution is 9.10. The molecule has 6 heteroatoms. The molecule has 0 bridgehead atoms. The van der Waals surface area contributed by atoms with Crippen LogP contribution in [0, 0.1) is 0 Å². The molecule has 0 spiro atoms. The van der Waals surface area contributed by atoms with Gasteiger partial charge in [-0.25, -0.2) is 0 Å². The topological polar surface area (TPSA) is 35.6 Å². The summed E-state index contributed by atoms with van der Waals surface area (Å²) >= 11 is 5.09. The Morgan fingerprint density at radius 2 is 2.14 bits per heavy atom. The predicted molar refractivity (Wildman–Crippen MR) is 94.3 cm³/mol. The van der Waals surface area contributed by atoms with E-state index in [-0.39, 0.29) is 5.91 Å². The molecule has 0 aromatic heterocycles. The summed E-state index contributed by atoms with van der Waals surface area (Å²) in [6.45, 7) is 6.18. The zero-order valence-electron chi connectivity index (χ0n) is 12.6. The molecule has 2 saturated heterocycles. The van der Waals surface area contributed by atoms with E-state index in [4.69, 9.17) is 0 Å². The van der Waals surface area contributed by atoms with E-state index < -0.39 is 0 Å². The Labute approximate surface area is 144 Å². The first-order valence-corrected chi connectivity index (χ1v) is 9.61. The van der Waals surface area contributed by atoms with E-state index in [0.717, 1.165) is 55.1 Å². The largest absolute Gasteiger partial charge is 0.340 e. The Morgan fingerprint density at radius 3 is 2.91 bits per heavy atom. The molecule has 1 aromatic rings. The van der Waals surface area contributed by atoms with Gasteiger partial charge in [0.15, 0.2) is 0 Å². The predicted octanol–water partition coefficient (Wildman–Crippen LogP) is 2.05. The van der Waals surface area contributed by atoms with Crippen molar-refractivity contribution in [2.75, 3.05) is 45.0 Å². The summed E-state index contributed by atoms with van der Waals surface area (Å²) in [6, 6.07) is 8.68. The lowest BCUT2D eigenvalue weighted by Gasteiger charge is -2.32. The highest BCUT2D eigenvalue weighted by Gasteiger charge is 2.30. The second-order valence-electron chi connectivity index (χ2n) is 5.81. The van der Waals surface area contributed by atoms with Gasteiger partial charge in [-0.1, -0.05) is 22.0 Å². The van der Waals surface area contributed by atoms with Crippen LogP contribution in [0.3, 0.4) is 0 Å². The van der Waals surface area contributed by atoms with Crippen LogP contribution in [0.4, 0.5) is 0 Å².